The van der Waals surface area contributed by atoms with Crippen molar-refractivity contribution in [2.24, 2.45) is 5.41 Å². The Morgan fingerprint density at radius 1 is 1.16 bits per heavy atom. The van der Waals surface area contributed by atoms with Gasteiger partial charge in [-0.15, -0.1) is 11.3 Å². The number of thiazole rings is 1. The van der Waals surface area contributed by atoms with E-state index in [9.17, 15) is 4.79 Å². The molecule has 1 aliphatic carbocycles. The SMILES string of the molecule is Cc1nc(C)c(C(=O)N2CC3(CN(Cc4ccccc4)CC3c3nc(C4CC4)n[nH]3)C2)s1. The minimum absolute atomic E-state index is 0.0262. The monoisotopic (exact) mass is 448 g/mol. The van der Waals surface area contributed by atoms with Gasteiger partial charge in [-0.3, -0.25) is 14.8 Å². The van der Waals surface area contributed by atoms with Gasteiger partial charge in [-0.2, -0.15) is 5.10 Å². The predicted octanol–water partition coefficient (Wildman–Crippen LogP) is 3.50. The van der Waals surface area contributed by atoms with Gasteiger partial charge >= 0.3 is 0 Å². The Kier molecular flexibility index (Phi) is 4.69. The van der Waals surface area contributed by atoms with Crippen LogP contribution in [-0.2, 0) is 6.54 Å². The number of nitrogens with zero attached hydrogens (tertiary/aromatic N) is 5. The standard InChI is InChI=1S/C24H28N6OS/c1-15-20(32-16(2)25-15)23(31)30-13-24(14-30)12-29(10-17-6-4-3-5-7-17)11-19(24)22-26-21(27-28-22)18-8-9-18/h3-7,18-19H,8-14H2,1-2H3,(H,26,27,28). The van der Waals surface area contributed by atoms with E-state index in [1.54, 1.807) is 0 Å². The molecule has 1 aromatic carbocycles. The molecule has 1 unspecified atom stereocenters. The first-order valence-corrected chi connectivity index (χ1v) is 12.2. The van der Waals surface area contributed by atoms with Crippen molar-refractivity contribution in [3.05, 3.63) is 63.1 Å². The molecular formula is C24H28N6OS. The van der Waals surface area contributed by atoms with Crippen LogP contribution in [0, 0.1) is 19.3 Å². The number of carbonyl (C=O) groups is 1. The lowest BCUT2D eigenvalue weighted by atomic mass is 9.71. The average Bonchev–Trinajstić information content (AvgIpc) is 3.21. The van der Waals surface area contributed by atoms with Gasteiger partial charge in [0, 0.05) is 50.0 Å². The highest BCUT2D eigenvalue weighted by atomic mass is 32.1. The highest BCUT2D eigenvalue weighted by Gasteiger charge is 2.57. The first-order valence-electron chi connectivity index (χ1n) is 11.4. The second-order valence-corrected chi connectivity index (χ2v) is 10.9. The van der Waals surface area contributed by atoms with Gasteiger partial charge in [0.15, 0.2) is 5.82 Å². The summed E-state index contributed by atoms with van der Waals surface area (Å²) in [5.74, 6) is 2.89. The Labute approximate surface area is 191 Å². The number of rotatable bonds is 5. The Hall–Kier alpha value is -2.58. The molecule has 2 saturated heterocycles. The maximum absolute atomic E-state index is 13.2. The molecule has 3 fully saturated rings. The largest absolute Gasteiger partial charge is 0.336 e. The number of hydrogen-bond acceptors (Lipinski definition) is 6. The molecule has 3 aromatic rings. The van der Waals surface area contributed by atoms with Crippen molar-refractivity contribution in [2.45, 2.75) is 45.1 Å². The summed E-state index contributed by atoms with van der Waals surface area (Å²) >= 11 is 1.50. The Morgan fingerprint density at radius 3 is 2.62 bits per heavy atom. The highest BCUT2D eigenvalue weighted by molar-refractivity contribution is 7.13. The molecule has 1 N–H and O–H groups in total. The summed E-state index contributed by atoms with van der Waals surface area (Å²) in [6.07, 6.45) is 2.40. The fourth-order valence-electron chi connectivity index (χ4n) is 5.43. The van der Waals surface area contributed by atoms with Gasteiger partial charge in [-0.1, -0.05) is 30.3 Å². The lowest BCUT2D eigenvalue weighted by Crippen LogP contribution is -2.61. The number of benzene rings is 1. The van der Waals surface area contributed by atoms with Crippen molar-refractivity contribution in [1.82, 2.24) is 30.0 Å². The molecule has 3 aliphatic rings. The maximum Gasteiger partial charge on any atom is 0.265 e. The van der Waals surface area contributed by atoms with Crippen molar-refractivity contribution in [3.63, 3.8) is 0 Å². The molecule has 0 bridgehead atoms. The molecule has 0 radical (unpaired) electrons. The molecule has 8 heteroatoms. The number of aryl methyl sites for hydroxylation is 2. The van der Waals surface area contributed by atoms with Crippen molar-refractivity contribution < 1.29 is 4.79 Å². The van der Waals surface area contributed by atoms with Crippen LogP contribution in [0.25, 0.3) is 0 Å². The maximum atomic E-state index is 13.2. The van der Waals surface area contributed by atoms with E-state index in [-0.39, 0.29) is 17.2 Å². The van der Waals surface area contributed by atoms with Crippen LogP contribution in [0.4, 0.5) is 0 Å². The minimum Gasteiger partial charge on any atom is -0.336 e. The third-order valence-corrected chi connectivity index (χ3v) is 8.22. The zero-order valence-electron chi connectivity index (χ0n) is 18.5. The van der Waals surface area contributed by atoms with E-state index in [2.05, 4.69) is 50.4 Å². The van der Waals surface area contributed by atoms with Crippen LogP contribution < -0.4 is 0 Å². The molecule has 1 saturated carbocycles. The second kappa shape index (κ2) is 7.49. The highest BCUT2D eigenvalue weighted by Crippen LogP contribution is 2.49. The minimum atomic E-state index is 0.0262. The topological polar surface area (TPSA) is 78.0 Å². The van der Waals surface area contributed by atoms with Crippen LogP contribution in [0.2, 0.25) is 0 Å². The van der Waals surface area contributed by atoms with Crippen LogP contribution in [0.5, 0.6) is 0 Å². The smallest absolute Gasteiger partial charge is 0.265 e. The first kappa shape index (κ1) is 20.1. The number of aromatic nitrogens is 4. The average molecular weight is 449 g/mol. The van der Waals surface area contributed by atoms with E-state index >= 15 is 0 Å². The fraction of sp³-hybridized carbons (Fsp3) is 0.500. The van der Waals surface area contributed by atoms with Gasteiger partial charge in [0.1, 0.15) is 10.7 Å². The van der Waals surface area contributed by atoms with E-state index in [0.717, 1.165) is 60.0 Å². The van der Waals surface area contributed by atoms with Gasteiger partial charge in [0.05, 0.1) is 10.7 Å². The summed E-state index contributed by atoms with van der Waals surface area (Å²) in [4.78, 5) is 27.8. The van der Waals surface area contributed by atoms with Gasteiger partial charge in [0.2, 0.25) is 0 Å². The normalized spacial score (nSPS) is 22.4. The molecule has 4 heterocycles. The van der Waals surface area contributed by atoms with Gasteiger partial charge in [-0.25, -0.2) is 9.97 Å². The molecule has 2 aromatic heterocycles. The number of likely N-dealkylation sites (tertiary alicyclic amines) is 2. The first-order chi connectivity index (χ1) is 15.5. The summed E-state index contributed by atoms with van der Waals surface area (Å²) in [7, 11) is 0. The van der Waals surface area contributed by atoms with Crippen LogP contribution in [0.3, 0.4) is 0 Å². The third-order valence-electron chi connectivity index (χ3n) is 7.16. The van der Waals surface area contributed by atoms with Crippen molar-refractivity contribution in [3.8, 4) is 0 Å². The Morgan fingerprint density at radius 2 is 1.94 bits per heavy atom. The van der Waals surface area contributed by atoms with E-state index < -0.39 is 0 Å². The summed E-state index contributed by atoms with van der Waals surface area (Å²) in [6.45, 7) is 8.24. The zero-order chi connectivity index (χ0) is 21.9. The van der Waals surface area contributed by atoms with Crippen LogP contribution in [-0.4, -0.2) is 62.1 Å². The molecule has 7 nitrogen and oxygen atoms in total. The van der Waals surface area contributed by atoms with Crippen LogP contribution in [0.15, 0.2) is 30.3 Å². The van der Waals surface area contributed by atoms with Crippen molar-refractivity contribution in [2.75, 3.05) is 26.2 Å². The quantitative estimate of drug-likeness (QED) is 0.646. The van der Waals surface area contributed by atoms with Gasteiger partial charge in [0.25, 0.3) is 5.91 Å². The summed E-state index contributed by atoms with van der Waals surface area (Å²) in [5.41, 5.74) is 2.19. The van der Waals surface area contributed by atoms with E-state index in [4.69, 9.17) is 4.98 Å². The summed E-state index contributed by atoms with van der Waals surface area (Å²) in [6, 6.07) is 10.6. The predicted molar refractivity (Wildman–Crippen MR) is 123 cm³/mol. The molecule has 2 aliphatic heterocycles. The Balaban J connectivity index is 1.24. The molecular weight excluding hydrogens is 420 g/mol. The summed E-state index contributed by atoms with van der Waals surface area (Å²) < 4.78 is 0. The molecule has 1 spiro atoms. The van der Waals surface area contributed by atoms with Gasteiger partial charge in [-0.05, 0) is 32.3 Å². The lowest BCUT2D eigenvalue weighted by molar-refractivity contribution is 0.00209. The fourth-order valence-corrected chi connectivity index (χ4v) is 6.32. The van der Waals surface area contributed by atoms with E-state index in [1.165, 1.54) is 29.7 Å². The molecule has 166 valence electrons. The molecule has 32 heavy (non-hydrogen) atoms. The second-order valence-electron chi connectivity index (χ2n) is 9.73. The molecule has 1 atom stereocenters. The van der Waals surface area contributed by atoms with Crippen LogP contribution in [0.1, 0.15) is 62.3 Å². The molecule has 1 amide bonds. The zero-order valence-corrected chi connectivity index (χ0v) is 19.4. The van der Waals surface area contributed by atoms with Crippen molar-refractivity contribution in [1.29, 1.82) is 0 Å². The number of H-pyrrole nitrogens is 1. The van der Waals surface area contributed by atoms with Gasteiger partial charge < -0.3 is 4.90 Å². The number of carbonyl (C=O) groups excluding carboxylic acids is 1. The number of hydrogen-bond donors (Lipinski definition) is 1. The molecule has 6 rings (SSSR count). The number of amides is 1. The van der Waals surface area contributed by atoms with E-state index in [1.807, 2.05) is 18.7 Å². The number of aromatic amines is 1. The summed E-state index contributed by atoms with van der Waals surface area (Å²) in [5, 5.41) is 8.74. The van der Waals surface area contributed by atoms with E-state index in [0.29, 0.717) is 5.92 Å². The number of nitrogens with one attached hydrogen (secondary N) is 1. The Bertz CT molecular complexity index is 1140. The lowest BCUT2D eigenvalue weighted by Gasteiger charge is -2.50. The van der Waals surface area contributed by atoms with Crippen molar-refractivity contribution >= 4 is 17.2 Å². The van der Waals surface area contributed by atoms with Crippen LogP contribution >= 0.6 is 11.3 Å². The third kappa shape index (κ3) is 3.46.